The minimum atomic E-state index is -4.21. The van der Waals surface area contributed by atoms with Gasteiger partial charge in [-0.3, -0.25) is 4.79 Å². The largest absolute Gasteiger partial charge is 0.382 e. The second-order valence-electron chi connectivity index (χ2n) is 9.51. The number of carbonyl (C=O) groups is 1. The molecule has 1 heterocycles. The van der Waals surface area contributed by atoms with E-state index < -0.39 is 32.2 Å². The number of hydrogen-bond acceptors (Lipinski definition) is 6. The Bertz CT molecular complexity index is 1120. The number of benzene rings is 1. The Labute approximate surface area is 197 Å². The van der Waals surface area contributed by atoms with Crippen LogP contribution in [0.25, 0.3) is 0 Å². The lowest BCUT2D eigenvalue weighted by molar-refractivity contribution is -0.207. The molecule has 168 valence electrons. The van der Waals surface area contributed by atoms with Crippen LogP contribution in [0, 0.1) is 29.1 Å². The Morgan fingerprint density at radius 2 is 1.84 bits per heavy atom. The molecule has 8 heteroatoms. The van der Waals surface area contributed by atoms with E-state index in [1.807, 2.05) is 13.8 Å². The topological polar surface area (TPSA) is 89.9 Å². The molecule has 0 spiro atoms. The molecular formula is C23H27IO6S. The SMILES string of the molecule is Cc1ccc(S(=O)(=O)OC2=C(I)C3(C)C(=CCC3C)C3(C)COC(O)(C=O)C23C)cc1. The fraction of sp³-hybridized carbons (Fsp3) is 0.522. The van der Waals surface area contributed by atoms with Crippen molar-refractivity contribution in [3.8, 4) is 0 Å². The molecule has 1 N–H and O–H groups in total. The lowest BCUT2D eigenvalue weighted by Gasteiger charge is -2.54. The van der Waals surface area contributed by atoms with Gasteiger partial charge in [-0.1, -0.05) is 50.1 Å². The number of halogens is 1. The van der Waals surface area contributed by atoms with Crippen LogP contribution >= 0.6 is 22.6 Å². The number of aldehydes is 1. The summed E-state index contributed by atoms with van der Waals surface area (Å²) in [6.45, 7) is 9.71. The van der Waals surface area contributed by atoms with Crippen LogP contribution in [0.5, 0.6) is 0 Å². The van der Waals surface area contributed by atoms with Gasteiger partial charge >= 0.3 is 10.1 Å². The first-order chi connectivity index (χ1) is 14.3. The molecule has 31 heavy (non-hydrogen) atoms. The zero-order valence-corrected chi connectivity index (χ0v) is 21.2. The van der Waals surface area contributed by atoms with Crippen molar-refractivity contribution in [3.63, 3.8) is 0 Å². The van der Waals surface area contributed by atoms with Crippen molar-refractivity contribution in [1.29, 1.82) is 0 Å². The van der Waals surface area contributed by atoms with E-state index in [1.54, 1.807) is 19.1 Å². The first-order valence-electron chi connectivity index (χ1n) is 10.2. The third-order valence-electron chi connectivity index (χ3n) is 7.99. The van der Waals surface area contributed by atoms with Crippen LogP contribution < -0.4 is 0 Å². The number of hydrogen-bond donors (Lipinski definition) is 1. The van der Waals surface area contributed by atoms with E-state index in [-0.39, 0.29) is 23.2 Å². The first-order valence-corrected chi connectivity index (χ1v) is 12.7. The number of aryl methyl sites for hydroxylation is 1. The zero-order chi connectivity index (χ0) is 23.0. The molecule has 2 aliphatic carbocycles. The Hall–Kier alpha value is -1.23. The number of aliphatic hydroxyl groups is 1. The summed E-state index contributed by atoms with van der Waals surface area (Å²) in [5, 5.41) is 11.3. The predicted octanol–water partition coefficient (Wildman–Crippen LogP) is 4.26. The molecule has 0 radical (unpaired) electrons. The van der Waals surface area contributed by atoms with E-state index in [0.717, 1.165) is 17.6 Å². The van der Waals surface area contributed by atoms with Crippen LogP contribution in [-0.4, -0.2) is 32.2 Å². The maximum absolute atomic E-state index is 13.3. The third-order valence-corrected chi connectivity index (χ3v) is 10.8. The Morgan fingerprint density at radius 3 is 2.42 bits per heavy atom. The molecule has 3 aliphatic rings. The summed E-state index contributed by atoms with van der Waals surface area (Å²) in [5.74, 6) is -1.94. The number of carbonyl (C=O) groups excluding carboxylic acids is 1. The lowest BCUT2D eigenvalue weighted by Crippen LogP contribution is -2.58. The van der Waals surface area contributed by atoms with Crippen molar-refractivity contribution in [2.24, 2.45) is 22.2 Å². The van der Waals surface area contributed by atoms with Gasteiger partial charge in [-0.2, -0.15) is 8.42 Å². The van der Waals surface area contributed by atoms with E-state index in [4.69, 9.17) is 8.92 Å². The van der Waals surface area contributed by atoms with Gasteiger partial charge in [0.15, 0.2) is 6.29 Å². The molecule has 1 aromatic rings. The van der Waals surface area contributed by atoms with E-state index in [2.05, 4.69) is 42.5 Å². The summed E-state index contributed by atoms with van der Waals surface area (Å²) < 4.78 is 38.8. The maximum Gasteiger partial charge on any atom is 0.338 e. The fourth-order valence-corrected chi connectivity index (χ4v) is 8.09. The molecule has 0 saturated carbocycles. The second kappa shape index (κ2) is 6.88. The van der Waals surface area contributed by atoms with Crippen molar-refractivity contribution in [1.82, 2.24) is 0 Å². The molecule has 0 amide bonds. The summed E-state index contributed by atoms with van der Waals surface area (Å²) in [4.78, 5) is 12.1. The Kier molecular flexibility index (Phi) is 5.10. The minimum Gasteiger partial charge on any atom is -0.382 e. The average molecular weight is 558 g/mol. The molecule has 0 aromatic heterocycles. The monoisotopic (exact) mass is 558 g/mol. The van der Waals surface area contributed by atoms with Crippen LogP contribution in [0.2, 0.25) is 0 Å². The lowest BCUT2D eigenvalue weighted by atomic mass is 9.50. The second-order valence-corrected chi connectivity index (χ2v) is 12.1. The number of ether oxygens (including phenoxy) is 1. The molecule has 4 rings (SSSR count). The van der Waals surface area contributed by atoms with Crippen LogP contribution in [-0.2, 0) is 23.8 Å². The molecule has 6 nitrogen and oxygen atoms in total. The minimum absolute atomic E-state index is 0.0135. The first kappa shape index (κ1) is 22.9. The standard InChI is InChI=1S/C23H27IO6S/c1-14-6-9-16(10-7-14)31(27,28)30-19-18(24)21(4)15(2)8-11-17(21)20(3)13-29-23(26,12-25)22(19,20)5/h6-7,9-12,15,26H,8,13H2,1-5H3. The van der Waals surface area contributed by atoms with Crippen LogP contribution in [0.1, 0.15) is 39.7 Å². The van der Waals surface area contributed by atoms with Crippen molar-refractivity contribution >= 4 is 39.0 Å². The third kappa shape index (κ3) is 2.74. The van der Waals surface area contributed by atoms with Crippen molar-refractivity contribution in [2.45, 2.75) is 51.7 Å². The van der Waals surface area contributed by atoms with Crippen molar-refractivity contribution in [2.75, 3.05) is 6.61 Å². The van der Waals surface area contributed by atoms with Crippen LogP contribution in [0.3, 0.4) is 0 Å². The molecule has 1 aliphatic heterocycles. The highest BCUT2D eigenvalue weighted by Gasteiger charge is 2.75. The highest BCUT2D eigenvalue weighted by Crippen LogP contribution is 2.73. The zero-order valence-electron chi connectivity index (χ0n) is 18.2. The van der Waals surface area contributed by atoms with Gasteiger partial charge in [-0.25, -0.2) is 0 Å². The van der Waals surface area contributed by atoms with E-state index in [0.29, 0.717) is 9.87 Å². The smallest absolute Gasteiger partial charge is 0.338 e. The van der Waals surface area contributed by atoms with E-state index >= 15 is 0 Å². The van der Waals surface area contributed by atoms with Gasteiger partial charge in [-0.15, -0.1) is 0 Å². The van der Waals surface area contributed by atoms with Gasteiger partial charge < -0.3 is 14.0 Å². The fourth-order valence-electron chi connectivity index (χ4n) is 5.43. The maximum atomic E-state index is 13.3. The molecular weight excluding hydrogens is 531 g/mol. The number of fused-ring (bicyclic) bond motifs is 3. The van der Waals surface area contributed by atoms with Crippen LogP contribution in [0.4, 0.5) is 0 Å². The summed E-state index contributed by atoms with van der Waals surface area (Å²) >= 11 is 2.13. The van der Waals surface area contributed by atoms with Gasteiger partial charge in [0, 0.05) is 14.4 Å². The Morgan fingerprint density at radius 1 is 1.23 bits per heavy atom. The summed E-state index contributed by atoms with van der Waals surface area (Å²) in [7, 11) is -4.21. The van der Waals surface area contributed by atoms with E-state index in [9.17, 15) is 18.3 Å². The molecule has 5 atom stereocenters. The Balaban J connectivity index is 1.98. The molecule has 1 fully saturated rings. The van der Waals surface area contributed by atoms with Gasteiger partial charge in [0.2, 0.25) is 5.79 Å². The molecule has 1 saturated heterocycles. The molecule has 1 aromatic carbocycles. The molecule has 5 unspecified atom stereocenters. The van der Waals surface area contributed by atoms with Gasteiger partial charge in [0.05, 0.1) is 12.0 Å². The summed E-state index contributed by atoms with van der Waals surface area (Å²) in [6.07, 6.45) is 3.31. The summed E-state index contributed by atoms with van der Waals surface area (Å²) in [6, 6.07) is 6.38. The highest BCUT2D eigenvalue weighted by molar-refractivity contribution is 14.1. The average Bonchev–Trinajstić information content (AvgIpc) is 3.14. The van der Waals surface area contributed by atoms with Crippen molar-refractivity contribution in [3.05, 3.63) is 50.8 Å². The molecule has 0 bridgehead atoms. The van der Waals surface area contributed by atoms with Gasteiger partial charge in [-0.05, 0) is 60.9 Å². The number of allylic oxidation sites excluding steroid dienone is 2. The predicted molar refractivity (Wildman–Crippen MR) is 124 cm³/mol. The normalized spacial score (nSPS) is 39.7. The number of rotatable bonds is 4. The highest BCUT2D eigenvalue weighted by atomic mass is 127. The van der Waals surface area contributed by atoms with Gasteiger partial charge in [0.25, 0.3) is 0 Å². The van der Waals surface area contributed by atoms with Crippen molar-refractivity contribution < 1.29 is 27.2 Å². The van der Waals surface area contributed by atoms with Crippen LogP contribution in [0.15, 0.2) is 50.1 Å². The summed E-state index contributed by atoms with van der Waals surface area (Å²) in [5.41, 5.74) is -0.756. The van der Waals surface area contributed by atoms with Gasteiger partial charge in [0.1, 0.15) is 10.7 Å². The quantitative estimate of drug-likeness (QED) is 0.257. The van der Waals surface area contributed by atoms with E-state index in [1.165, 1.54) is 12.1 Å².